The molecule has 0 saturated heterocycles. The third kappa shape index (κ3) is 2.79. The molecule has 0 atom stereocenters. The molecule has 82 valence electrons. The maximum Gasteiger partial charge on any atom is 0.152 e. The summed E-state index contributed by atoms with van der Waals surface area (Å²) in [6, 6.07) is 0.801. The van der Waals surface area contributed by atoms with Gasteiger partial charge in [0.1, 0.15) is 6.33 Å². The number of hydrogen-bond donors (Lipinski definition) is 2. The average molecular weight is 207 g/mol. The molecule has 1 aromatic heterocycles. The maximum absolute atomic E-state index is 5.71. The molecule has 0 bridgehead atoms. The van der Waals surface area contributed by atoms with Crippen LogP contribution >= 0.6 is 0 Å². The van der Waals surface area contributed by atoms with Crippen molar-refractivity contribution < 1.29 is 0 Å². The molecule has 0 spiro atoms. The Balaban J connectivity index is 1.75. The van der Waals surface area contributed by atoms with E-state index in [1.807, 2.05) is 0 Å². The molecule has 0 aliphatic heterocycles. The van der Waals surface area contributed by atoms with Gasteiger partial charge in [0.05, 0.1) is 11.9 Å². The summed E-state index contributed by atoms with van der Waals surface area (Å²) in [6.45, 7) is 1.89. The number of nitrogens with zero attached hydrogens (tertiary/aromatic N) is 3. The van der Waals surface area contributed by atoms with Crippen molar-refractivity contribution >= 4 is 11.5 Å². The average Bonchev–Trinajstić information content (AvgIpc) is 3.04. The van der Waals surface area contributed by atoms with Crippen LogP contribution in [0.4, 0.5) is 11.5 Å². The quantitative estimate of drug-likeness (QED) is 0.738. The van der Waals surface area contributed by atoms with Gasteiger partial charge in [-0.05, 0) is 19.9 Å². The van der Waals surface area contributed by atoms with Crippen molar-refractivity contribution in [1.82, 2.24) is 14.9 Å². The second-order valence-corrected chi connectivity index (χ2v) is 3.97. The Morgan fingerprint density at radius 3 is 3.07 bits per heavy atom. The molecule has 1 heterocycles. The van der Waals surface area contributed by atoms with Gasteiger partial charge in [0.2, 0.25) is 0 Å². The van der Waals surface area contributed by atoms with Gasteiger partial charge in [-0.25, -0.2) is 9.97 Å². The number of rotatable bonds is 5. The summed E-state index contributed by atoms with van der Waals surface area (Å²) in [5.41, 5.74) is 6.31. The van der Waals surface area contributed by atoms with E-state index in [0.29, 0.717) is 5.69 Å². The van der Waals surface area contributed by atoms with Gasteiger partial charge < -0.3 is 16.0 Å². The fraction of sp³-hybridized carbons (Fsp3) is 0.600. The van der Waals surface area contributed by atoms with Crippen molar-refractivity contribution in [2.45, 2.75) is 18.9 Å². The third-order valence-electron chi connectivity index (χ3n) is 2.67. The van der Waals surface area contributed by atoms with Crippen molar-refractivity contribution in [2.24, 2.45) is 0 Å². The summed E-state index contributed by atoms with van der Waals surface area (Å²) in [6.07, 6.45) is 5.79. The van der Waals surface area contributed by atoms with Crippen LogP contribution in [0.3, 0.4) is 0 Å². The molecular formula is C10H17N5. The first kappa shape index (κ1) is 10.2. The fourth-order valence-electron chi connectivity index (χ4n) is 1.54. The Bertz CT molecular complexity index is 323. The van der Waals surface area contributed by atoms with Crippen molar-refractivity contribution in [2.75, 3.05) is 31.2 Å². The van der Waals surface area contributed by atoms with Crippen LogP contribution in [0.1, 0.15) is 12.8 Å². The number of nitrogens with two attached hydrogens (primary N) is 1. The monoisotopic (exact) mass is 207 g/mol. The first-order valence-corrected chi connectivity index (χ1v) is 5.27. The number of anilines is 2. The Morgan fingerprint density at radius 2 is 2.40 bits per heavy atom. The Labute approximate surface area is 89.7 Å². The zero-order chi connectivity index (χ0) is 10.7. The molecule has 1 fully saturated rings. The molecule has 1 aliphatic rings. The molecule has 5 heteroatoms. The Hall–Kier alpha value is -1.36. The Morgan fingerprint density at radius 1 is 1.60 bits per heavy atom. The normalized spacial score (nSPS) is 15.6. The van der Waals surface area contributed by atoms with Gasteiger partial charge in [-0.1, -0.05) is 0 Å². The summed E-state index contributed by atoms with van der Waals surface area (Å²) in [5.74, 6) is 0.731. The summed E-state index contributed by atoms with van der Waals surface area (Å²) < 4.78 is 0. The molecule has 0 unspecified atom stereocenters. The minimum absolute atomic E-state index is 0.603. The van der Waals surface area contributed by atoms with E-state index in [0.717, 1.165) is 24.9 Å². The van der Waals surface area contributed by atoms with E-state index in [2.05, 4.69) is 27.2 Å². The molecule has 1 aromatic rings. The first-order chi connectivity index (χ1) is 7.27. The number of nitrogen functional groups attached to an aromatic ring is 1. The van der Waals surface area contributed by atoms with Crippen LogP contribution in [-0.4, -0.2) is 41.0 Å². The standard InChI is InChI=1S/C10H17N5/c1-15(8-2-3-8)5-4-13-10-9(11)6-12-7-14-10/h6-8H,2-5,11H2,1H3,(H,12,13,14). The topological polar surface area (TPSA) is 67.1 Å². The SMILES string of the molecule is CN(CCNc1ncncc1N)C1CC1. The first-order valence-electron chi connectivity index (χ1n) is 5.27. The molecule has 1 saturated carbocycles. The molecular weight excluding hydrogens is 190 g/mol. The van der Waals surface area contributed by atoms with E-state index in [1.54, 1.807) is 6.20 Å². The maximum atomic E-state index is 5.71. The lowest BCUT2D eigenvalue weighted by Gasteiger charge is -2.16. The zero-order valence-electron chi connectivity index (χ0n) is 8.98. The molecule has 3 N–H and O–H groups in total. The Kier molecular flexibility index (Phi) is 3.01. The fourth-order valence-corrected chi connectivity index (χ4v) is 1.54. The molecule has 0 radical (unpaired) electrons. The smallest absolute Gasteiger partial charge is 0.152 e. The predicted octanol–water partition coefficient (Wildman–Crippen LogP) is 0.565. The summed E-state index contributed by atoms with van der Waals surface area (Å²) in [5, 5.41) is 3.21. The van der Waals surface area contributed by atoms with Crippen LogP contribution < -0.4 is 11.1 Å². The van der Waals surface area contributed by atoms with Crippen molar-refractivity contribution in [3.8, 4) is 0 Å². The number of likely N-dealkylation sites (N-methyl/N-ethyl adjacent to an activating group) is 1. The highest BCUT2D eigenvalue weighted by atomic mass is 15.2. The van der Waals surface area contributed by atoms with E-state index in [1.165, 1.54) is 19.2 Å². The minimum Gasteiger partial charge on any atom is -0.394 e. The summed E-state index contributed by atoms with van der Waals surface area (Å²) in [4.78, 5) is 10.3. The van der Waals surface area contributed by atoms with Crippen molar-refractivity contribution in [1.29, 1.82) is 0 Å². The van der Waals surface area contributed by atoms with Gasteiger partial charge >= 0.3 is 0 Å². The van der Waals surface area contributed by atoms with Gasteiger partial charge in [-0.15, -0.1) is 0 Å². The van der Waals surface area contributed by atoms with Gasteiger partial charge in [0.15, 0.2) is 5.82 Å². The largest absolute Gasteiger partial charge is 0.394 e. The van der Waals surface area contributed by atoms with Gasteiger partial charge in [-0.3, -0.25) is 0 Å². The zero-order valence-corrected chi connectivity index (χ0v) is 8.98. The number of aromatic nitrogens is 2. The van der Waals surface area contributed by atoms with E-state index < -0.39 is 0 Å². The van der Waals surface area contributed by atoms with Gasteiger partial charge in [0, 0.05) is 19.1 Å². The highest BCUT2D eigenvalue weighted by Crippen LogP contribution is 2.24. The molecule has 1 aliphatic carbocycles. The molecule has 0 amide bonds. The third-order valence-corrected chi connectivity index (χ3v) is 2.67. The lowest BCUT2D eigenvalue weighted by Crippen LogP contribution is -2.27. The van der Waals surface area contributed by atoms with E-state index in [9.17, 15) is 0 Å². The lowest BCUT2D eigenvalue weighted by molar-refractivity contribution is 0.337. The van der Waals surface area contributed by atoms with Gasteiger partial charge in [0.25, 0.3) is 0 Å². The summed E-state index contributed by atoms with van der Waals surface area (Å²) >= 11 is 0. The van der Waals surface area contributed by atoms with Crippen LogP contribution in [0.25, 0.3) is 0 Å². The number of hydrogen-bond acceptors (Lipinski definition) is 5. The minimum atomic E-state index is 0.603. The number of nitrogens with one attached hydrogen (secondary N) is 1. The van der Waals surface area contributed by atoms with Crippen LogP contribution in [-0.2, 0) is 0 Å². The van der Waals surface area contributed by atoms with Crippen LogP contribution in [0.5, 0.6) is 0 Å². The van der Waals surface area contributed by atoms with E-state index in [-0.39, 0.29) is 0 Å². The van der Waals surface area contributed by atoms with Crippen LogP contribution in [0.2, 0.25) is 0 Å². The second kappa shape index (κ2) is 4.44. The summed E-state index contributed by atoms with van der Waals surface area (Å²) in [7, 11) is 2.16. The highest BCUT2D eigenvalue weighted by molar-refractivity contribution is 5.58. The van der Waals surface area contributed by atoms with Crippen LogP contribution in [0.15, 0.2) is 12.5 Å². The van der Waals surface area contributed by atoms with Crippen molar-refractivity contribution in [3.63, 3.8) is 0 Å². The van der Waals surface area contributed by atoms with Gasteiger partial charge in [-0.2, -0.15) is 0 Å². The molecule has 0 aromatic carbocycles. The van der Waals surface area contributed by atoms with Crippen LogP contribution in [0, 0.1) is 0 Å². The molecule has 5 nitrogen and oxygen atoms in total. The van der Waals surface area contributed by atoms with E-state index >= 15 is 0 Å². The van der Waals surface area contributed by atoms with E-state index in [4.69, 9.17) is 5.73 Å². The highest BCUT2D eigenvalue weighted by Gasteiger charge is 2.25. The van der Waals surface area contributed by atoms with Crippen molar-refractivity contribution in [3.05, 3.63) is 12.5 Å². The lowest BCUT2D eigenvalue weighted by atomic mass is 10.4. The molecule has 2 rings (SSSR count). The molecule has 15 heavy (non-hydrogen) atoms. The predicted molar refractivity (Wildman–Crippen MR) is 60.6 cm³/mol. The second-order valence-electron chi connectivity index (χ2n) is 3.97.